The van der Waals surface area contributed by atoms with E-state index in [0.29, 0.717) is 24.5 Å². The molecule has 3 heteroatoms. The van der Waals surface area contributed by atoms with Crippen molar-refractivity contribution in [2.45, 2.75) is 118 Å². The summed E-state index contributed by atoms with van der Waals surface area (Å²) in [6.07, 6.45) is 14.5. The molecule has 4 aliphatic carbocycles. The zero-order chi connectivity index (χ0) is 24.3. The van der Waals surface area contributed by atoms with Gasteiger partial charge in [0.2, 0.25) is 0 Å². The summed E-state index contributed by atoms with van der Waals surface area (Å²) in [6.45, 7) is 15.6. The van der Waals surface area contributed by atoms with E-state index in [4.69, 9.17) is 9.47 Å². The van der Waals surface area contributed by atoms with Crippen LogP contribution in [0.15, 0.2) is 0 Å². The first kappa shape index (κ1) is 25.2. The zero-order valence-electron chi connectivity index (χ0n) is 23.0. The van der Waals surface area contributed by atoms with Crippen LogP contribution in [0.25, 0.3) is 0 Å². The predicted molar refractivity (Wildman–Crippen MR) is 137 cm³/mol. The second kappa shape index (κ2) is 9.16. The summed E-state index contributed by atoms with van der Waals surface area (Å²) in [5, 5.41) is 0. The fourth-order valence-electron chi connectivity index (χ4n) is 10.5. The predicted octanol–water partition coefficient (Wildman–Crippen LogP) is 7.67. The Labute approximate surface area is 209 Å². The van der Waals surface area contributed by atoms with E-state index in [2.05, 4.69) is 34.6 Å². The maximum Gasteiger partial charge on any atom is 0.178 e. The molecular weight excluding hydrogens is 420 g/mol. The second-order valence-corrected chi connectivity index (χ2v) is 14.3. The Hall–Kier alpha value is -0.410. The van der Waals surface area contributed by atoms with Crippen molar-refractivity contribution in [2.75, 3.05) is 13.2 Å². The quantitative estimate of drug-likeness (QED) is 0.398. The maximum atomic E-state index is 12.9. The highest BCUT2D eigenvalue weighted by Gasteiger charge is 2.65. The van der Waals surface area contributed by atoms with Crippen LogP contribution in [0, 0.1) is 58.2 Å². The minimum absolute atomic E-state index is 0.0828. The highest BCUT2D eigenvalue weighted by molar-refractivity contribution is 5.79. The number of carbonyl (C=O) groups excluding carboxylic acids is 1. The molecule has 0 radical (unpaired) electrons. The molecule has 0 bridgehead atoms. The van der Waals surface area contributed by atoms with E-state index in [1.165, 1.54) is 57.8 Å². The Morgan fingerprint density at radius 1 is 0.882 bits per heavy atom. The van der Waals surface area contributed by atoms with Gasteiger partial charge in [-0.2, -0.15) is 0 Å². The maximum absolute atomic E-state index is 12.9. The van der Waals surface area contributed by atoms with Gasteiger partial charge in [-0.25, -0.2) is 0 Å². The lowest BCUT2D eigenvalue weighted by atomic mass is 9.43. The number of rotatable bonds is 6. The van der Waals surface area contributed by atoms with E-state index < -0.39 is 5.79 Å². The van der Waals surface area contributed by atoms with E-state index in [9.17, 15) is 4.79 Å². The molecule has 3 nitrogen and oxygen atoms in total. The van der Waals surface area contributed by atoms with Crippen LogP contribution in [-0.4, -0.2) is 24.8 Å². The minimum atomic E-state index is -0.615. The number of fused-ring (bicyclic) bond motifs is 5. The molecule has 0 aromatic heterocycles. The number of carbonyl (C=O) groups is 1. The van der Waals surface area contributed by atoms with Crippen LogP contribution in [0.5, 0.6) is 0 Å². The third-order valence-electron chi connectivity index (χ3n) is 12.2. The van der Waals surface area contributed by atoms with Gasteiger partial charge in [0.05, 0.1) is 19.1 Å². The number of ether oxygens (including phenoxy) is 2. The van der Waals surface area contributed by atoms with Gasteiger partial charge in [-0.1, -0.05) is 53.9 Å². The molecule has 1 saturated heterocycles. The van der Waals surface area contributed by atoms with Gasteiger partial charge in [0.25, 0.3) is 0 Å². The molecule has 1 spiro atoms. The topological polar surface area (TPSA) is 35.5 Å². The van der Waals surface area contributed by atoms with Crippen molar-refractivity contribution in [3.8, 4) is 0 Å². The molecule has 1 heterocycles. The molecule has 0 aromatic rings. The van der Waals surface area contributed by atoms with Gasteiger partial charge in [0.15, 0.2) is 5.79 Å². The normalized spacial score (nSPS) is 46.2. The first-order valence-corrected chi connectivity index (χ1v) is 14.9. The summed E-state index contributed by atoms with van der Waals surface area (Å²) in [7, 11) is 0. The first-order chi connectivity index (χ1) is 16.1. The Morgan fingerprint density at radius 3 is 2.26 bits per heavy atom. The van der Waals surface area contributed by atoms with Crippen LogP contribution in [-0.2, 0) is 14.3 Å². The lowest BCUT2D eigenvalue weighted by Gasteiger charge is -2.63. The van der Waals surface area contributed by atoms with Crippen LogP contribution in [0.4, 0.5) is 0 Å². The fraction of sp³-hybridized carbons (Fsp3) is 0.968. The Bertz CT molecular complexity index is 754. The molecule has 194 valence electrons. The van der Waals surface area contributed by atoms with Gasteiger partial charge in [-0.3, -0.25) is 4.79 Å². The number of Topliss-reactive ketones (excluding diaryl/α,β-unsaturated/α-hetero) is 1. The highest BCUT2D eigenvalue weighted by atomic mass is 16.7. The van der Waals surface area contributed by atoms with Gasteiger partial charge >= 0.3 is 0 Å². The molecule has 1 aliphatic heterocycles. The van der Waals surface area contributed by atoms with E-state index in [1.54, 1.807) is 6.92 Å². The van der Waals surface area contributed by atoms with Gasteiger partial charge < -0.3 is 9.47 Å². The monoisotopic (exact) mass is 472 g/mol. The molecule has 34 heavy (non-hydrogen) atoms. The summed E-state index contributed by atoms with van der Waals surface area (Å²) in [4.78, 5) is 12.9. The molecule has 0 unspecified atom stereocenters. The van der Waals surface area contributed by atoms with Crippen molar-refractivity contribution < 1.29 is 14.3 Å². The third kappa shape index (κ3) is 3.94. The third-order valence-corrected chi connectivity index (χ3v) is 12.2. The average molecular weight is 473 g/mol. The molecule has 0 N–H and O–H groups in total. The van der Waals surface area contributed by atoms with Crippen LogP contribution >= 0.6 is 0 Å². The molecule has 0 amide bonds. The van der Waals surface area contributed by atoms with Gasteiger partial charge in [0.1, 0.15) is 5.78 Å². The average Bonchev–Trinajstić information content (AvgIpc) is 3.38. The molecule has 9 atom stereocenters. The van der Waals surface area contributed by atoms with E-state index in [1.807, 2.05) is 0 Å². The molecule has 5 fully saturated rings. The minimum Gasteiger partial charge on any atom is -0.347 e. The van der Waals surface area contributed by atoms with Crippen LogP contribution in [0.3, 0.4) is 0 Å². The van der Waals surface area contributed by atoms with Crippen molar-refractivity contribution in [1.82, 2.24) is 0 Å². The van der Waals surface area contributed by atoms with Gasteiger partial charge in [-0.05, 0) is 104 Å². The van der Waals surface area contributed by atoms with Crippen molar-refractivity contribution in [1.29, 1.82) is 0 Å². The Balaban J connectivity index is 1.33. The largest absolute Gasteiger partial charge is 0.347 e. The SMILES string of the molecule is CC(=O)[C@H]1C[C@@]2(C)[C@@H](CC[C@H]3[C@H]2CC[C@@]2(C)[C@@H]3CC[C@H]2[C@H](C)CCCC(C)C)CC12OCCO2. The summed E-state index contributed by atoms with van der Waals surface area (Å²) in [6, 6.07) is 0. The smallest absolute Gasteiger partial charge is 0.178 e. The molecular formula is C31H52O3. The van der Waals surface area contributed by atoms with Crippen molar-refractivity contribution >= 4 is 5.78 Å². The van der Waals surface area contributed by atoms with E-state index in [0.717, 1.165) is 48.3 Å². The summed E-state index contributed by atoms with van der Waals surface area (Å²) in [5.74, 6) is 5.36. The fourth-order valence-corrected chi connectivity index (χ4v) is 10.5. The molecule has 4 saturated carbocycles. The van der Waals surface area contributed by atoms with E-state index >= 15 is 0 Å². The van der Waals surface area contributed by atoms with Gasteiger partial charge in [0, 0.05) is 6.42 Å². The number of ketones is 1. The Morgan fingerprint density at radius 2 is 1.59 bits per heavy atom. The first-order valence-electron chi connectivity index (χ1n) is 14.9. The summed E-state index contributed by atoms with van der Waals surface area (Å²) < 4.78 is 12.4. The van der Waals surface area contributed by atoms with Crippen molar-refractivity contribution in [3.63, 3.8) is 0 Å². The van der Waals surface area contributed by atoms with Crippen LogP contribution < -0.4 is 0 Å². The van der Waals surface area contributed by atoms with Crippen molar-refractivity contribution in [2.24, 2.45) is 58.2 Å². The lowest BCUT2D eigenvalue weighted by molar-refractivity contribution is -0.255. The number of hydrogen-bond donors (Lipinski definition) is 0. The Kier molecular flexibility index (Phi) is 6.80. The number of hydrogen-bond acceptors (Lipinski definition) is 3. The van der Waals surface area contributed by atoms with Gasteiger partial charge in [-0.15, -0.1) is 0 Å². The molecule has 0 aromatic carbocycles. The summed E-state index contributed by atoms with van der Waals surface area (Å²) >= 11 is 0. The second-order valence-electron chi connectivity index (χ2n) is 14.3. The zero-order valence-corrected chi connectivity index (χ0v) is 23.0. The highest BCUT2D eigenvalue weighted by Crippen LogP contribution is 2.69. The lowest BCUT2D eigenvalue weighted by Crippen LogP contribution is -2.60. The van der Waals surface area contributed by atoms with Crippen LogP contribution in [0.1, 0.15) is 112 Å². The standard InChI is InChI=1S/C31H52O3/c1-20(2)8-7-9-21(3)25-12-13-26-24-11-10-23-18-31(33-16-17-34-31)28(22(4)32)19-30(23,6)27(24)14-15-29(25,26)5/h20-21,23-28H,7-19H2,1-6H3/t21-,23+,24-,25+,26-,27-,28-,29-,30+/m1/s1. The molecule has 5 rings (SSSR count). The van der Waals surface area contributed by atoms with E-state index in [-0.39, 0.29) is 17.1 Å². The van der Waals surface area contributed by atoms with Crippen LogP contribution in [0.2, 0.25) is 0 Å². The van der Waals surface area contributed by atoms with Crippen molar-refractivity contribution in [3.05, 3.63) is 0 Å². The summed E-state index contributed by atoms with van der Waals surface area (Å²) in [5.41, 5.74) is 0.803. The molecule has 5 aliphatic rings.